The van der Waals surface area contributed by atoms with Crippen LogP contribution >= 0.6 is 0 Å². The molecule has 2 amide bonds. The van der Waals surface area contributed by atoms with Gasteiger partial charge in [-0.1, -0.05) is 81.6 Å². The maximum Gasteiger partial charge on any atom is 0.272 e. The number of hydrogen-bond donors (Lipinski definition) is 2. The van der Waals surface area contributed by atoms with Crippen molar-refractivity contribution in [1.29, 1.82) is 0 Å². The highest BCUT2D eigenvalue weighted by molar-refractivity contribution is 6.20. The number of amides is 2. The second kappa shape index (κ2) is 12.5. The molecule has 7 heteroatoms. The molecule has 1 aliphatic carbocycles. The van der Waals surface area contributed by atoms with Crippen molar-refractivity contribution in [3.05, 3.63) is 65.7 Å². The molecule has 1 saturated carbocycles. The summed E-state index contributed by atoms with van der Waals surface area (Å²) in [5, 5.41) is 13.9. The van der Waals surface area contributed by atoms with E-state index in [0.717, 1.165) is 42.5 Å². The van der Waals surface area contributed by atoms with E-state index in [1.165, 1.54) is 6.42 Å². The highest BCUT2D eigenvalue weighted by Crippen LogP contribution is 2.28. The van der Waals surface area contributed by atoms with Gasteiger partial charge in [-0.15, -0.1) is 0 Å². The number of nitrogens with zero attached hydrogens (tertiary/aromatic N) is 2. The Morgan fingerprint density at radius 1 is 1.08 bits per heavy atom. The molecule has 0 saturated heterocycles. The van der Waals surface area contributed by atoms with Crippen LogP contribution in [0.3, 0.4) is 0 Å². The van der Waals surface area contributed by atoms with Gasteiger partial charge in [0.2, 0.25) is 12.1 Å². The molecule has 2 aromatic rings. The summed E-state index contributed by atoms with van der Waals surface area (Å²) in [5.41, 5.74) is 3.05. The van der Waals surface area contributed by atoms with Crippen LogP contribution in [0.25, 0.3) is 0 Å². The molecule has 4 rings (SSSR count). The predicted octanol–water partition coefficient (Wildman–Crippen LogP) is 4.32. The Kier molecular flexibility index (Phi) is 9.11. The van der Waals surface area contributed by atoms with Crippen LogP contribution in [0.4, 0.5) is 5.69 Å². The second-order valence-electron chi connectivity index (χ2n) is 10.6. The van der Waals surface area contributed by atoms with Crippen LogP contribution in [0.15, 0.2) is 59.6 Å². The van der Waals surface area contributed by atoms with E-state index in [1.54, 1.807) is 11.9 Å². The lowest BCUT2D eigenvalue weighted by atomic mass is 9.91. The van der Waals surface area contributed by atoms with E-state index in [9.17, 15) is 14.7 Å². The highest BCUT2D eigenvalue weighted by Gasteiger charge is 2.35. The lowest BCUT2D eigenvalue weighted by Crippen LogP contribution is -2.50. The Hall–Kier alpha value is -3.03. The summed E-state index contributed by atoms with van der Waals surface area (Å²) in [6.45, 7) is 4.14. The number of anilines is 1. The largest absolute Gasteiger partial charge is 0.390 e. The maximum absolute atomic E-state index is 13.6. The molecule has 7 nitrogen and oxygen atoms in total. The molecule has 0 radical (unpaired) electrons. The van der Waals surface area contributed by atoms with E-state index in [4.69, 9.17) is 9.73 Å². The van der Waals surface area contributed by atoms with E-state index >= 15 is 0 Å². The molecule has 0 aromatic heterocycles. The third-order valence-corrected chi connectivity index (χ3v) is 7.25. The Bertz CT molecular complexity index is 1100. The van der Waals surface area contributed by atoms with E-state index in [0.29, 0.717) is 12.1 Å². The lowest BCUT2D eigenvalue weighted by molar-refractivity contribution is -0.135. The number of benzene rings is 2. The van der Waals surface area contributed by atoms with Gasteiger partial charge >= 0.3 is 0 Å². The minimum atomic E-state index is -1.11. The van der Waals surface area contributed by atoms with Crippen molar-refractivity contribution < 1.29 is 19.4 Å². The van der Waals surface area contributed by atoms with Crippen LogP contribution in [0, 0.1) is 11.8 Å². The molecular weight excluding hydrogens is 466 g/mol. The third kappa shape index (κ3) is 6.65. The van der Waals surface area contributed by atoms with E-state index < -0.39 is 18.2 Å². The number of ether oxygens (including phenoxy) is 1. The molecule has 198 valence electrons. The molecule has 0 spiro atoms. The quantitative estimate of drug-likeness (QED) is 0.531. The Balaban J connectivity index is 1.58. The Morgan fingerprint density at radius 2 is 1.76 bits per heavy atom. The average molecular weight is 506 g/mol. The van der Waals surface area contributed by atoms with Crippen molar-refractivity contribution in [2.24, 2.45) is 16.8 Å². The summed E-state index contributed by atoms with van der Waals surface area (Å²) < 4.78 is 5.99. The summed E-state index contributed by atoms with van der Waals surface area (Å²) in [5.74, 6) is -1.24. The first-order valence-electron chi connectivity index (χ1n) is 13.5. The van der Waals surface area contributed by atoms with Crippen LogP contribution in [0.1, 0.15) is 63.5 Å². The van der Waals surface area contributed by atoms with Crippen molar-refractivity contribution in [2.75, 3.05) is 18.6 Å². The Labute approximate surface area is 219 Å². The average Bonchev–Trinajstić information content (AvgIpc) is 3.02. The second-order valence-corrected chi connectivity index (χ2v) is 10.6. The summed E-state index contributed by atoms with van der Waals surface area (Å²) in [6, 6.07) is 17.3. The normalized spacial score (nSPS) is 20.1. The molecule has 3 atom stereocenters. The van der Waals surface area contributed by atoms with Crippen LogP contribution in [-0.2, 0) is 14.3 Å². The van der Waals surface area contributed by atoms with Gasteiger partial charge in [0.15, 0.2) is 0 Å². The lowest BCUT2D eigenvalue weighted by Gasteiger charge is -2.28. The molecular formula is C30H39N3O4. The standard InChI is InChI=1S/C30H39N3O4/c1-20(2)18-24(26(34)19-37-22-14-8-5-9-15-22)29(35)32-28-30(36)33(3)25-17-11-10-16-23(25)27(31-28)21-12-6-4-7-13-21/h4,6-7,10-13,16-17,20,22,24,26,28,34H,5,8-9,14-15,18-19H2,1-3H3,(H,32,35)/t24-,26+,28?/m1/s1. The van der Waals surface area contributed by atoms with Crippen molar-refractivity contribution in [3.8, 4) is 0 Å². The number of benzodiazepines with no additional fused rings is 1. The predicted molar refractivity (Wildman–Crippen MR) is 146 cm³/mol. The third-order valence-electron chi connectivity index (χ3n) is 7.25. The van der Waals surface area contributed by atoms with Gasteiger partial charge in [0.1, 0.15) is 0 Å². The minimum absolute atomic E-state index is 0.109. The minimum Gasteiger partial charge on any atom is -0.390 e. The number of nitrogens with one attached hydrogen (secondary N) is 1. The number of hydrogen-bond acceptors (Lipinski definition) is 5. The summed E-state index contributed by atoms with van der Waals surface area (Å²) in [4.78, 5) is 33.4. The number of aliphatic imine (C=N–C) groups is 1. The summed E-state index contributed by atoms with van der Waals surface area (Å²) in [6.07, 6.45) is 4.03. The number of rotatable bonds is 9. The summed E-state index contributed by atoms with van der Waals surface area (Å²) in [7, 11) is 1.70. The van der Waals surface area contributed by atoms with Gasteiger partial charge in [-0.3, -0.25) is 9.59 Å². The number of aliphatic hydroxyl groups is 1. The first-order chi connectivity index (χ1) is 17.8. The van der Waals surface area contributed by atoms with Gasteiger partial charge < -0.3 is 20.1 Å². The van der Waals surface area contributed by atoms with Gasteiger partial charge in [0.25, 0.3) is 5.91 Å². The van der Waals surface area contributed by atoms with Crippen LogP contribution in [0.5, 0.6) is 0 Å². The maximum atomic E-state index is 13.6. The molecule has 0 bridgehead atoms. The zero-order chi connectivity index (χ0) is 26.4. The van der Waals surface area contributed by atoms with E-state index in [-0.39, 0.29) is 30.4 Å². The van der Waals surface area contributed by atoms with Gasteiger partial charge in [-0.2, -0.15) is 0 Å². The van der Waals surface area contributed by atoms with Gasteiger partial charge in [0.05, 0.1) is 36.1 Å². The van der Waals surface area contributed by atoms with Crippen LogP contribution < -0.4 is 10.2 Å². The van der Waals surface area contributed by atoms with Crippen molar-refractivity contribution in [1.82, 2.24) is 5.32 Å². The molecule has 1 heterocycles. The zero-order valence-corrected chi connectivity index (χ0v) is 22.1. The van der Waals surface area contributed by atoms with Crippen molar-refractivity contribution >= 4 is 23.2 Å². The van der Waals surface area contributed by atoms with E-state index in [1.807, 2.05) is 68.4 Å². The smallest absolute Gasteiger partial charge is 0.272 e. The fraction of sp³-hybridized carbons (Fsp3) is 0.500. The number of carbonyl (C=O) groups excluding carboxylic acids is 2. The topological polar surface area (TPSA) is 91.2 Å². The molecule has 1 aliphatic heterocycles. The van der Waals surface area contributed by atoms with Gasteiger partial charge in [-0.05, 0) is 31.2 Å². The number of para-hydroxylation sites is 1. The van der Waals surface area contributed by atoms with Crippen molar-refractivity contribution in [3.63, 3.8) is 0 Å². The number of fused-ring (bicyclic) bond motifs is 1. The first-order valence-corrected chi connectivity index (χ1v) is 13.5. The SMILES string of the molecule is CC(C)C[C@@H](C(=O)NC1N=C(c2ccccc2)c2ccccc2N(C)C1=O)[C@@H](O)COC1CCCCC1. The van der Waals surface area contributed by atoms with Gasteiger partial charge in [0, 0.05) is 18.2 Å². The first kappa shape index (κ1) is 27.0. The number of likely N-dealkylation sites (N-methyl/N-ethyl adjacent to an activating group) is 1. The molecule has 1 fully saturated rings. The molecule has 37 heavy (non-hydrogen) atoms. The highest BCUT2D eigenvalue weighted by atomic mass is 16.5. The summed E-state index contributed by atoms with van der Waals surface area (Å²) >= 11 is 0. The Morgan fingerprint density at radius 3 is 2.46 bits per heavy atom. The van der Waals surface area contributed by atoms with Crippen molar-refractivity contribution in [2.45, 2.75) is 70.7 Å². The van der Waals surface area contributed by atoms with Crippen LogP contribution in [-0.4, -0.2) is 54.7 Å². The fourth-order valence-electron chi connectivity index (χ4n) is 5.21. The molecule has 2 N–H and O–H groups in total. The van der Waals surface area contributed by atoms with Gasteiger partial charge in [-0.25, -0.2) is 4.99 Å². The fourth-order valence-corrected chi connectivity index (χ4v) is 5.21. The van der Waals surface area contributed by atoms with E-state index in [2.05, 4.69) is 5.32 Å². The number of aliphatic hydroxyl groups excluding tert-OH is 1. The van der Waals surface area contributed by atoms with Crippen LogP contribution in [0.2, 0.25) is 0 Å². The monoisotopic (exact) mass is 505 g/mol. The number of carbonyl (C=O) groups is 2. The zero-order valence-electron chi connectivity index (χ0n) is 22.1. The molecule has 1 unspecified atom stereocenters. The molecule has 2 aliphatic rings. The molecule has 2 aromatic carbocycles.